The van der Waals surface area contributed by atoms with E-state index in [-0.39, 0.29) is 11.4 Å². The Kier molecular flexibility index (Phi) is 7.70. The summed E-state index contributed by atoms with van der Waals surface area (Å²) in [4.78, 5) is 13.2. The van der Waals surface area contributed by atoms with Gasteiger partial charge >= 0.3 is 0 Å². The minimum atomic E-state index is -0.262. The van der Waals surface area contributed by atoms with E-state index < -0.39 is 0 Å². The Morgan fingerprint density at radius 2 is 1.91 bits per heavy atom. The molecule has 5 nitrogen and oxygen atoms in total. The summed E-state index contributed by atoms with van der Waals surface area (Å²) < 4.78 is 11.8. The van der Waals surface area contributed by atoms with Crippen LogP contribution in [-0.4, -0.2) is 18.0 Å². The third-order valence-electron chi connectivity index (χ3n) is 5.25. The van der Waals surface area contributed by atoms with Gasteiger partial charge in [0.15, 0.2) is 17.0 Å². The molecule has 1 amide bonds. The molecule has 0 spiro atoms. The Labute approximate surface area is 209 Å². The molecular weight excluding hydrogens is 468 g/mol. The summed E-state index contributed by atoms with van der Waals surface area (Å²) in [5.41, 5.74) is 4.84. The lowest BCUT2D eigenvalue weighted by atomic mass is 10.1. The van der Waals surface area contributed by atoms with E-state index in [0.717, 1.165) is 22.4 Å². The number of thioether (sulfide) groups is 1. The van der Waals surface area contributed by atoms with E-state index in [0.29, 0.717) is 34.6 Å². The van der Waals surface area contributed by atoms with E-state index in [1.54, 1.807) is 0 Å². The molecule has 1 atom stereocenters. The first-order chi connectivity index (χ1) is 16.4. The number of benzene rings is 3. The largest absolute Gasteiger partial charge is 0.490 e. The summed E-state index contributed by atoms with van der Waals surface area (Å²) in [6.07, 6.45) is 1.86. The van der Waals surface area contributed by atoms with E-state index >= 15 is 0 Å². The molecule has 4 rings (SSSR count). The molecule has 2 N–H and O–H groups in total. The predicted octanol–water partition coefficient (Wildman–Crippen LogP) is 6.53. The maximum Gasteiger partial charge on any atom is 0.260 e. The quantitative estimate of drug-likeness (QED) is 0.348. The molecule has 34 heavy (non-hydrogen) atoms. The Hall–Kier alpha value is -3.09. The van der Waals surface area contributed by atoms with Gasteiger partial charge in [-0.25, -0.2) is 0 Å². The van der Waals surface area contributed by atoms with Gasteiger partial charge in [0.05, 0.1) is 11.5 Å². The molecule has 176 valence electrons. The summed E-state index contributed by atoms with van der Waals surface area (Å²) in [6.45, 7) is 6.95. The van der Waals surface area contributed by atoms with Crippen molar-refractivity contribution in [3.63, 3.8) is 0 Å². The van der Waals surface area contributed by atoms with Crippen LogP contribution in [0.3, 0.4) is 0 Å². The highest BCUT2D eigenvalue weighted by Gasteiger charge is 2.27. The van der Waals surface area contributed by atoms with Crippen LogP contribution in [-0.2, 0) is 11.4 Å². The lowest BCUT2D eigenvalue weighted by Gasteiger charge is -2.15. The highest BCUT2D eigenvalue weighted by molar-refractivity contribution is 8.05. The lowest BCUT2D eigenvalue weighted by molar-refractivity contribution is -0.116. The van der Waals surface area contributed by atoms with Crippen molar-refractivity contribution in [1.29, 1.82) is 0 Å². The zero-order valence-electron chi connectivity index (χ0n) is 19.4. The number of aryl methyl sites for hydroxylation is 2. The number of rotatable bonds is 8. The van der Waals surface area contributed by atoms with Crippen molar-refractivity contribution in [2.45, 2.75) is 32.9 Å². The average molecular weight is 495 g/mol. The van der Waals surface area contributed by atoms with Crippen molar-refractivity contribution in [1.82, 2.24) is 5.32 Å². The van der Waals surface area contributed by atoms with Gasteiger partial charge in [-0.05, 0) is 73.9 Å². The zero-order valence-corrected chi connectivity index (χ0v) is 20.9. The number of halogens is 1. The van der Waals surface area contributed by atoms with Gasteiger partial charge in [-0.1, -0.05) is 59.3 Å². The molecule has 1 heterocycles. The third kappa shape index (κ3) is 6.07. The molecule has 0 saturated carbocycles. The predicted molar refractivity (Wildman–Crippen MR) is 140 cm³/mol. The molecule has 1 aliphatic heterocycles. The Morgan fingerprint density at radius 3 is 2.68 bits per heavy atom. The fourth-order valence-electron chi connectivity index (χ4n) is 3.61. The number of hydrogen-bond acceptors (Lipinski definition) is 5. The molecular formula is C27H27ClN2O3S. The van der Waals surface area contributed by atoms with Crippen LogP contribution < -0.4 is 20.1 Å². The van der Waals surface area contributed by atoms with E-state index in [2.05, 4.69) is 29.7 Å². The van der Waals surface area contributed by atoms with Crippen LogP contribution in [0, 0.1) is 13.8 Å². The lowest BCUT2D eigenvalue weighted by Crippen LogP contribution is -2.31. The zero-order chi connectivity index (χ0) is 24.1. The fraction of sp³-hybridized carbons (Fsp3) is 0.222. The number of ether oxygens (including phenoxy) is 2. The molecule has 3 aromatic rings. The number of anilines is 1. The van der Waals surface area contributed by atoms with E-state index in [1.807, 2.05) is 68.5 Å². The fourth-order valence-corrected chi connectivity index (χ4v) is 4.81. The van der Waals surface area contributed by atoms with Crippen molar-refractivity contribution in [3.05, 3.63) is 92.8 Å². The van der Waals surface area contributed by atoms with E-state index in [9.17, 15) is 4.79 Å². The molecule has 0 bridgehead atoms. The molecule has 0 aromatic heterocycles. The number of carbonyl (C=O) groups is 1. The van der Waals surface area contributed by atoms with Crippen molar-refractivity contribution in [2.75, 3.05) is 11.9 Å². The minimum Gasteiger partial charge on any atom is -0.490 e. The summed E-state index contributed by atoms with van der Waals surface area (Å²) in [5.74, 6) is 1.21. The van der Waals surface area contributed by atoms with Crippen LogP contribution in [0.2, 0.25) is 5.02 Å². The van der Waals surface area contributed by atoms with Gasteiger partial charge < -0.3 is 20.1 Å². The molecule has 7 heteroatoms. The molecule has 1 saturated heterocycles. The van der Waals surface area contributed by atoms with Crippen LogP contribution in [0.25, 0.3) is 6.08 Å². The first-order valence-corrected chi connectivity index (χ1v) is 12.3. The SMILES string of the molecule is CCOc1cc(/C=C2\SC(Nc3ccc(Cl)cc3C)NC2=O)ccc1OCc1cccc(C)c1. The number of amides is 1. The molecule has 1 aliphatic rings. The van der Waals surface area contributed by atoms with Crippen LogP contribution in [0.1, 0.15) is 29.2 Å². The van der Waals surface area contributed by atoms with Crippen molar-refractivity contribution >= 4 is 41.0 Å². The Balaban J connectivity index is 1.47. The number of hydrogen-bond donors (Lipinski definition) is 2. The Morgan fingerprint density at radius 1 is 1.06 bits per heavy atom. The van der Waals surface area contributed by atoms with Crippen LogP contribution in [0.4, 0.5) is 5.69 Å². The molecule has 1 fully saturated rings. The number of nitrogens with one attached hydrogen (secondary N) is 2. The summed E-state index contributed by atoms with van der Waals surface area (Å²) in [5, 5.41) is 6.99. The normalized spacial score (nSPS) is 16.4. The number of carbonyl (C=O) groups excluding carboxylic acids is 1. The molecule has 1 unspecified atom stereocenters. The van der Waals surface area contributed by atoms with E-state index in [1.165, 1.54) is 17.3 Å². The maximum atomic E-state index is 12.6. The second-order valence-electron chi connectivity index (χ2n) is 8.00. The second-order valence-corrected chi connectivity index (χ2v) is 9.58. The first kappa shape index (κ1) is 24.0. The van der Waals surface area contributed by atoms with Crippen LogP contribution in [0.15, 0.2) is 65.6 Å². The molecule has 0 aliphatic carbocycles. The molecule has 3 aromatic carbocycles. The van der Waals surface area contributed by atoms with Gasteiger partial charge in [0.25, 0.3) is 5.91 Å². The smallest absolute Gasteiger partial charge is 0.260 e. The second kappa shape index (κ2) is 10.9. The molecule has 0 radical (unpaired) electrons. The maximum absolute atomic E-state index is 12.6. The van der Waals surface area contributed by atoms with Gasteiger partial charge in [-0.15, -0.1) is 0 Å². The highest BCUT2D eigenvalue weighted by Crippen LogP contribution is 2.34. The van der Waals surface area contributed by atoms with Gasteiger partial charge in [-0.3, -0.25) is 4.79 Å². The topological polar surface area (TPSA) is 59.6 Å². The summed E-state index contributed by atoms with van der Waals surface area (Å²) in [6, 6.07) is 19.6. The van der Waals surface area contributed by atoms with Crippen molar-refractivity contribution in [3.8, 4) is 11.5 Å². The van der Waals surface area contributed by atoms with Crippen molar-refractivity contribution in [2.24, 2.45) is 0 Å². The third-order valence-corrected chi connectivity index (χ3v) is 6.51. The highest BCUT2D eigenvalue weighted by atomic mass is 35.5. The average Bonchev–Trinajstić information content (AvgIpc) is 3.14. The van der Waals surface area contributed by atoms with Gasteiger partial charge in [-0.2, -0.15) is 0 Å². The van der Waals surface area contributed by atoms with Crippen LogP contribution >= 0.6 is 23.4 Å². The minimum absolute atomic E-state index is 0.119. The van der Waals surface area contributed by atoms with Gasteiger partial charge in [0, 0.05) is 10.7 Å². The Bertz CT molecular complexity index is 1230. The van der Waals surface area contributed by atoms with Crippen molar-refractivity contribution < 1.29 is 14.3 Å². The van der Waals surface area contributed by atoms with E-state index in [4.69, 9.17) is 21.1 Å². The summed E-state index contributed by atoms with van der Waals surface area (Å²) in [7, 11) is 0. The summed E-state index contributed by atoms with van der Waals surface area (Å²) >= 11 is 7.48. The first-order valence-electron chi connectivity index (χ1n) is 11.1. The van der Waals surface area contributed by atoms with Crippen LogP contribution in [0.5, 0.6) is 11.5 Å². The van der Waals surface area contributed by atoms with Gasteiger partial charge in [0.2, 0.25) is 0 Å². The van der Waals surface area contributed by atoms with Gasteiger partial charge in [0.1, 0.15) is 6.61 Å². The standard InChI is InChI=1S/C27H27ClN2O3S/c1-4-32-24-14-19(8-11-23(24)33-16-20-7-5-6-17(2)12-20)15-25-26(31)30-27(34-25)29-22-10-9-21(28)13-18(22)3/h5-15,27,29H,4,16H2,1-3H3,(H,30,31)/b25-15-. The monoisotopic (exact) mass is 494 g/mol.